The molecule has 5 rings (SSSR count). The zero-order chi connectivity index (χ0) is 34.4. The molecule has 0 saturated carbocycles. The maximum atomic E-state index is 13.6. The standard InChI is InChI=1S/C40H47F2N3O3/c1-6-48-37(47)26-35-27(2)43-28(3)38(39(35)44-23-20-40(4,5)21-24-44)31-11-17-34(18-12-31)45(22-19-29-7-13-32(41)14-8-29)36(46)25-30-9-15-33(42)16-10-30/h7-18,36,46H,6,19-26H2,1-5H3. The lowest BCUT2D eigenvalue weighted by atomic mass is 9.82. The third-order valence-electron chi connectivity index (χ3n) is 9.45. The first-order chi connectivity index (χ1) is 22.9. The highest BCUT2D eigenvalue weighted by molar-refractivity contribution is 5.87. The predicted octanol–water partition coefficient (Wildman–Crippen LogP) is 7.99. The number of aliphatic hydroxyl groups is 1. The molecule has 2 heterocycles. The number of nitrogens with zero attached hydrogens (tertiary/aromatic N) is 3. The minimum atomic E-state index is -0.881. The number of rotatable bonds is 12. The number of esters is 1. The number of anilines is 2. The molecule has 6 nitrogen and oxygen atoms in total. The summed E-state index contributed by atoms with van der Waals surface area (Å²) >= 11 is 0. The maximum absolute atomic E-state index is 13.6. The Labute approximate surface area is 283 Å². The Balaban J connectivity index is 1.51. The topological polar surface area (TPSA) is 65.9 Å². The molecule has 0 spiro atoms. The van der Waals surface area contributed by atoms with Crippen molar-refractivity contribution in [1.82, 2.24) is 4.98 Å². The minimum Gasteiger partial charge on any atom is -0.466 e. The summed E-state index contributed by atoms with van der Waals surface area (Å²) in [5.74, 6) is -0.879. The van der Waals surface area contributed by atoms with Crippen LogP contribution >= 0.6 is 0 Å². The monoisotopic (exact) mass is 655 g/mol. The molecule has 8 heteroatoms. The van der Waals surface area contributed by atoms with E-state index in [1.807, 2.05) is 37.8 Å². The fraction of sp³-hybridized carbons (Fsp3) is 0.400. The van der Waals surface area contributed by atoms with Crippen LogP contribution in [0.2, 0.25) is 0 Å². The molecule has 48 heavy (non-hydrogen) atoms. The van der Waals surface area contributed by atoms with Crippen LogP contribution in [-0.2, 0) is 28.8 Å². The molecule has 4 aromatic rings. The molecule has 1 atom stereocenters. The van der Waals surface area contributed by atoms with Gasteiger partial charge in [0.25, 0.3) is 0 Å². The van der Waals surface area contributed by atoms with E-state index in [0.717, 1.165) is 76.5 Å². The zero-order valence-electron chi connectivity index (χ0n) is 28.7. The summed E-state index contributed by atoms with van der Waals surface area (Å²) in [5, 5.41) is 11.5. The Bertz CT molecular complexity index is 1680. The van der Waals surface area contributed by atoms with Crippen molar-refractivity contribution in [3.05, 3.63) is 113 Å². The highest BCUT2D eigenvalue weighted by Crippen LogP contribution is 2.42. The number of carbonyl (C=O) groups excluding carboxylic acids is 1. The number of hydrogen-bond acceptors (Lipinski definition) is 6. The van der Waals surface area contributed by atoms with Crippen molar-refractivity contribution in [1.29, 1.82) is 0 Å². The smallest absolute Gasteiger partial charge is 0.310 e. The summed E-state index contributed by atoms with van der Waals surface area (Å²) in [4.78, 5) is 22.1. The second-order valence-corrected chi connectivity index (χ2v) is 13.5. The van der Waals surface area contributed by atoms with E-state index in [4.69, 9.17) is 9.72 Å². The first-order valence-corrected chi connectivity index (χ1v) is 16.9. The summed E-state index contributed by atoms with van der Waals surface area (Å²) in [6.07, 6.45) is 2.25. The van der Waals surface area contributed by atoms with Crippen molar-refractivity contribution in [3.63, 3.8) is 0 Å². The van der Waals surface area contributed by atoms with Crippen LogP contribution in [0.25, 0.3) is 11.1 Å². The number of aromatic nitrogens is 1. The van der Waals surface area contributed by atoms with Crippen molar-refractivity contribution in [2.24, 2.45) is 5.41 Å². The van der Waals surface area contributed by atoms with E-state index in [0.29, 0.717) is 26.0 Å². The number of aryl methyl sites for hydroxylation is 2. The molecular weight excluding hydrogens is 608 g/mol. The van der Waals surface area contributed by atoms with Gasteiger partial charge < -0.3 is 19.6 Å². The van der Waals surface area contributed by atoms with Gasteiger partial charge in [-0.2, -0.15) is 0 Å². The lowest BCUT2D eigenvalue weighted by Gasteiger charge is -2.40. The van der Waals surface area contributed by atoms with Crippen LogP contribution in [0.5, 0.6) is 0 Å². The minimum absolute atomic E-state index is 0.153. The third-order valence-corrected chi connectivity index (χ3v) is 9.45. The molecule has 3 aromatic carbocycles. The molecule has 0 radical (unpaired) electrons. The molecule has 1 unspecified atom stereocenters. The predicted molar refractivity (Wildman–Crippen MR) is 188 cm³/mol. The highest BCUT2D eigenvalue weighted by atomic mass is 19.1. The second kappa shape index (κ2) is 15.3. The Kier molecular flexibility index (Phi) is 11.2. The fourth-order valence-electron chi connectivity index (χ4n) is 6.58. The zero-order valence-corrected chi connectivity index (χ0v) is 28.7. The van der Waals surface area contributed by atoms with E-state index in [-0.39, 0.29) is 29.4 Å². The Morgan fingerprint density at radius 2 is 1.50 bits per heavy atom. The van der Waals surface area contributed by atoms with Gasteiger partial charge in [-0.3, -0.25) is 9.78 Å². The highest BCUT2D eigenvalue weighted by Gasteiger charge is 2.30. The first kappa shape index (κ1) is 35.0. The molecule has 0 bridgehead atoms. The van der Waals surface area contributed by atoms with Crippen LogP contribution in [0.4, 0.5) is 20.2 Å². The van der Waals surface area contributed by atoms with Gasteiger partial charge in [0.05, 0.1) is 18.7 Å². The largest absolute Gasteiger partial charge is 0.466 e. The van der Waals surface area contributed by atoms with Gasteiger partial charge in [-0.25, -0.2) is 8.78 Å². The molecular formula is C40H47F2N3O3. The number of piperidine rings is 1. The van der Waals surface area contributed by atoms with Gasteiger partial charge in [0, 0.05) is 54.3 Å². The molecule has 1 aliphatic heterocycles. The van der Waals surface area contributed by atoms with Crippen molar-refractivity contribution >= 4 is 17.3 Å². The van der Waals surface area contributed by atoms with Gasteiger partial charge >= 0.3 is 5.97 Å². The van der Waals surface area contributed by atoms with E-state index >= 15 is 0 Å². The normalized spacial score (nSPS) is 14.9. The van der Waals surface area contributed by atoms with Crippen LogP contribution < -0.4 is 9.80 Å². The van der Waals surface area contributed by atoms with E-state index in [1.165, 1.54) is 24.3 Å². The van der Waals surface area contributed by atoms with E-state index in [2.05, 4.69) is 30.9 Å². The number of ether oxygens (including phenoxy) is 1. The van der Waals surface area contributed by atoms with Crippen molar-refractivity contribution < 1.29 is 23.4 Å². The average molecular weight is 656 g/mol. The number of benzene rings is 3. The van der Waals surface area contributed by atoms with Crippen molar-refractivity contribution in [2.75, 3.05) is 36.0 Å². The molecule has 254 valence electrons. The molecule has 1 N–H and O–H groups in total. The van der Waals surface area contributed by atoms with Crippen molar-refractivity contribution in [2.45, 2.75) is 73.0 Å². The number of aliphatic hydroxyl groups excluding tert-OH is 1. The maximum Gasteiger partial charge on any atom is 0.310 e. The van der Waals surface area contributed by atoms with E-state index < -0.39 is 6.23 Å². The lowest BCUT2D eigenvalue weighted by molar-refractivity contribution is -0.142. The van der Waals surface area contributed by atoms with Crippen molar-refractivity contribution in [3.8, 4) is 11.1 Å². The van der Waals surface area contributed by atoms with Crippen LogP contribution in [0.1, 0.15) is 61.7 Å². The Hall–Kier alpha value is -4.30. The van der Waals surface area contributed by atoms with Gasteiger partial charge in [0.15, 0.2) is 0 Å². The quantitative estimate of drug-likeness (QED) is 0.123. The van der Waals surface area contributed by atoms with Crippen LogP contribution in [0, 0.1) is 30.9 Å². The fourth-order valence-corrected chi connectivity index (χ4v) is 6.58. The van der Waals surface area contributed by atoms with Gasteiger partial charge in [-0.15, -0.1) is 0 Å². The number of carbonyl (C=O) groups is 1. The van der Waals surface area contributed by atoms with Crippen LogP contribution in [-0.4, -0.2) is 48.5 Å². The summed E-state index contributed by atoms with van der Waals surface area (Å²) in [5.41, 5.74) is 8.47. The van der Waals surface area contributed by atoms with E-state index in [1.54, 1.807) is 24.3 Å². The number of halogens is 2. The lowest BCUT2D eigenvalue weighted by Crippen LogP contribution is -2.38. The number of pyridine rings is 1. The average Bonchev–Trinajstić information content (AvgIpc) is 3.05. The van der Waals surface area contributed by atoms with Gasteiger partial charge in [0.1, 0.15) is 17.9 Å². The van der Waals surface area contributed by atoms with Crippen LogP contribution in [0.15, 0.2) is 72.8 Å². The van der Waals surface area contributed by atoms with Gasteiger partial charge in [0.2, 0.25) is 0 Å². The number of hydrogen-bond donors (Lipinski definition) is 1. The SMILES string of the molecule is CCOC(=O)Cc1c(C)nc(C)c(-c2ccc(N(CCc3ccc(F)cc3)C(O)Cc3ccc(F)cc3)cc2)c1N1CCC(C)(C)CC1. The molecule has 0 aliphatic carbocycles. The molecule has 1 saturated heterocycles. The second-order valence-electron chi connectivity index (χ2n) is 13.5. The van der Waals surface area contributed by atoms with Gasteiger partial charge in [-0.05, 0) is 98.5 Å². The molecule has 1 fully saturated rings. The summed E-state index contributed by atoms with van der Waals surface area (Å²) in [6, 6.07) is 20.7. The summed E-state index contributed by atoms with van der Waals surface area (Å²) in [6.45, 7) is 13.0. The van der Waals surface area contributed by atoms with Crippen LogP contribution in [0.3, 0.4) is 0 Å². The third kappa shape index (κ3) is 8.58. The Morgan fingerprint density at radius 1 is 0.917 bits per heavy atom. The van der Waals surface area contributed by atoms with Gasteiger partial charge in [-0.1, -0.05) is 50.2 Å². The molecule has 1 aliphatic rings. The Morgan fingerprint density at radius 3 is 2.08 bits per heavy atom. The summed E-state index contributed by atoms with van der Waals surface area (Å²) < 4.78 is 32.5. The molecule has 0 amide bonds. The summed E-state index contributed by atoms with van der Waals surface area (Å²) in [7, 11) is 0. The molecule has 1 aromatic heterocycles. The van der Waals surface area contributed by atoms with E-state index in [9.17, 15) is 18.7 Å². The first-order valence-electron chi connectivity index (χ1n) is 16.9.